The van der Waals surface area contributed by atoms with E-state index in [0.717, 1.165) is 6.07 Å². The number of carboxylic acids is 1. The van der Waals surface area contributed by atoms with Gasteiger partial charge in [0, 0.05) is 29.1 Å². The highest BCUT2D eigenvalue weighted by Gasteiger charge is 2.43. The van der Waals surface area contributed by atoms with E-state index < -0.39 is 27.9 Å². The van der Waals surface area contributed by atoms with Crippen molar-refractivity contribution in [1.82, 2.24) is 10.3 Å². The number of amides is 1. The lowest BCUT2D eigenvalue weighted by Crippen LogP contribution is -2.52. The third-order valence-corrected chi connectivity index (χ3v) is 4.50. The molecule has 0 bridgehead atoms. The quantitative estimate of drug-likeness (QED) is 0.567. The van der Waals surface area contributed by atoms with Crippen LogP contribution in [0.4, 0.5) is 5.69 Å². The number of carbonyl (C=O) groups excluding carboxylic acids is 1. The van der Waals surface area contributed by atoms with E-state index in [1.54, 1.807) is 0 Å². The van der Waals surface area contributed by atoms with Gasteiger partial charge < -0.3 is 15.4 Å². The van der Waals surface area contributed by atoms with Crippen molar-refractivity contribution in [3.8, 4) is 0 Å². The second-order valence-electron chi connectivity index (χ2n) is 6.08. The fourth-order valence-electron chi connectivity index (χ4n) is 3.20. The first-order chi connectivity index (χ1) is 11.8. The number of carboxylic acid groups (broad SMARTS) is 1. The number of pyridine rings is 1. The smallest absolute Gasteiger partial charge is 0.329 e. The third kappa shape index (κ3) is 2.95. The van der Waals surface area contributed by atoms with Crippen LogP contribution in [0, 0.1) is 10.1 Å². The lowest BCUT2D eigenvalue weighted by Gasteiger charge is -2.25. The van der Waals surface area contributed by atoms with E-state index in [1.165, 1.54) is 18.2 Å². The molecular formula is C16H15N3O6. The molecule has 0 aliphatic heterocycles. The van der Waals surface area contributed by atoms with Crippen LogP contribution in [0.3, 0.4) is 0 Å². The van der Waals surface area contributed by atoms with Crippen LogP contribution in [-0.4, -0.2) is 32.4 Å². The van der Waals surface area contributed by atoms with E-state index in [9.17, 15) is 29.6 Å². The van der Waals surface area contributed by atoms with E-state index in [2.05, 4.69) is 10.3 Å². The summed E-state index contributed by atoms with van der Waals surface area (Å²) in [5.74, 6) is -1.86. The molecule has 0 unspecified atom stereocenters. The number of carbonyl (C=O) groups is 2. The number of hydrogen-bond acceptors (Lipinski definition) is 5. The molecule has 9 heteroatoms. The SMILES string of the molecule is O=C(NC1(C(=O)O)CCCC1)c1cc(=O)[nH]c2ccc([N+](=O)[O-])cc12. The Kier molecular flexibility index (Phi) is 3.99. The minimum absolute atomic E-state index is 0.0880. The number of rotatable bonds is 4. The van der Waals surface area contributed by atoms with Crippen molar-refractivity contribution in [2.45, 2.75) is 31.2 Å². The molecule has 1 aliphatic rings. The Bertz CT molecular complexity index is 943. The van der Waals surface area contributed by atoms with Crippen LogP contribution in [0.1, 0.15) is 36.0 Å². The monoisotopic (exact) mass is 345 g/mol. The number of H-pyrrole nitrogens is 1. The first-order valence-corrected chi connectivity index (χ1v) is 7.70. The first-order valence-electron chi connectivity index (χ1n) is 7.70. The van der Waals surface area contributed by atoms with Gasteiger partial charge in [-0.1, -0.05) is 12.8 Å². The highest BCUT2D eigenvalue weighted by molar-refractivity contribution is 6.08. The van der Waals surface area contributed by atoms with Gasteiger partial charge in [0.2, 0.25) is 5.56 Å². The second kappa shape index (κ2) is 6.00. The maximum Gasteiger partial charge on any atom is 0.329 e. The Morgan fingerprint density at radius 1 is 1.24 bits per heavy atom. The number of aromatic amines is 1. The number of nitro benzene ring substituents is 1. The fourth-order valence-corrected chi connectivity index (χ4v) is 3.20. The predicted molar refractivity (Wildman–Crippen MR) is 87.5 cm³/mol. The summed E-state index contributed by atoms with van der Waals surface area (Å²) in [7, 11) is 0. The van der Waals surface area contributed by atoms with Gasteiger partial charge in [-0.3, -0.25) is 19.7 Å². The molecule has 3 N–H and O–H groups in total. The van der Waals surface area contributed by atoms with Gasteiger partial charge in [-0.2, -0.15) is 0 Å². The molecule has 2 aromatic rings. The molecule has 1 aliphatic carbocycles. The van der Waals surface area contributed by atoms with Gasteiger partial charge in [0.1, 0.15) is 5.54 Å². The zero-order valence-electron chi connectivity index (χ0n) is 13.1. The van der Waals surface area contributed by atoms with Crippen LogP contribution in [0.2, 0.25) is 0 Å². The maximum absolute atomic E-state index is 12.7. The van der Waals surface area contributed by atoms with Crippen molar-refractivity contribution >= 4 is 28.5 Å². The van der Waals surface area contributed by atoms with Crippen LogP contribution in [0.15, 0.2) is 29.1 Å². The van der Waals surface area contributed by atoms with Crippen molar-refractivity contribution in [3.63, 3.8) is 0 Å². The number of benzene rings is 1. The van der Waals surface area contributed by atoms with Crippen LogP contribution in [0.5, 0.6) is 0 Å². The Balaban J connectivity index is 2.08. The number of fused-ring (bicyclic) bond motifs is 1. The number of aromatic nitrogens is 1. The van der Waals surface area contributed by atoms with Crippen molar-refractivity contribution in [2.75, 3.05) is 0 Å². The zero-order chi connectivity index (χ0) is 18.2. The minimum atomic E-state index is -1.37. The van der Waals surface area contributed by atoms with Gasteiger partial charge in [-0.25, -0.2) is 4.79 Å². The van der Waals surface area contributed by atoms with Crippen molar-refractivity contribution < 1.29 is 19.6 Å². The Hall–Kier alpha value is -3.23. The molecule has 25 heavy (non-hydrogen) atoms. The standard InChI is InChI=1S/C16H15N3O6/c20-13-8-11(10-7-9(19(24)25)3-4-12(10)17-13)14(21)18-16(15(22)23)5-1-2-6-16/h3-4,7-8H,1-2,5-6H2,(H,17,20)(H,18,21)(H,22,23). The summed E-state index contributed by atoms with van der Waals surface area (Å²) in [5, 5.41) is 23.1. The van der Waals surface area contributed by atoms with Crippen LogP contribution in [0.25, 0.3) is 10.9 Å². The molecule has 1 saturated carbocycles. The van der Waals surface area contributed by atoms with Gasteiger partial charge in [0.25, 0.3) is 11.6 Å². The number of aliphatic carboxylic acids is 1. The van der Waals surface area contributed by atoms with Crippen LogP contribution < -0.4 is 10.9 Å². The van der Waals surface area contributed by atoms with Gasteiger partial charge in [-0.05, 0) is 18.9 Å². The summed E-state index contributed by atoms with van der Waals surface area (Å²) in [5.41, 5.74) is -1.98. The summed E-state index contributed by atoms with van der Waals surface area (Å²) in [6.45, 7) is 0. The largest absolute Gasteiger partial charge is 0.480 e. The van der Waals surface area contributed by atoms with Crippen LogP contribution >= 0.6 is 0 Å². The van der Waals surface area contributed by atoms with Gasteiger partial charge in [0.15, 0.2) is 0 Å². The number of hydrogen-bond donors (Lipinski definition) is 3. The molecule has 0 saturated heterocycles. The third-order valence-electron chi connectivity index (χ3n) is 4.50. The molecule has 3 rings (SSSR count). The molecule has 0 atom stereocenters. The van der Waals surface area contributed by atoms with E-state index in [-0.39, 0.29) is 22.2 Å². The van der Waals surface area contributed by atoms with E-state index in [0.29, 0.717) is 25.7 Å². The van der Waals surface area contributed by atoms with Crippen molar-refractivity contribution in [1.29, 1.82) is 0 Å². The Morgan fingerprint density at radius 2 is 1.92 bits per heavy atom. The highest BCUT2D eigenvalue weighted by Crippen LogP contribution is 2.31. The molecule has 0 spiro atoms. The number of nitrogens with zero attached hydrogens (tertiary/aromatic N) is 1. The van der Waals surface area contributed by atoms with E-state index in [4.69, 9.17) is 0 Å². The maximum atomic E-state index is 12.7. The highest BCUT2D eigenvalue weighted by atomic mass is 16.6. The molecule has 1 heterocycles. The minimum Gasteiger partial charge on any atom is -0.480 e. The number of nitro groups is 1. The van der Waals surface area contributed by atoms with Gasteiger partial charge >= 0.3 is 5.97 Å². The molecular weight excluding hydrogens is 330 g/mol. The second-order valence-corrected chi connectivity index (χ2v) is 6.08. The summed E-state index contributed by atoms with van der Waals surface area (Å²) in [6.07, 6.45) is 1.95. The van der Waals surface area contributed by atoms with E-state index in [1.807, 2.05) is 0 Å². The Labute approximate surface area is 140 Å². The predicted octanol–water partition coefficient (Wildman–Crippen LogP) is 1.56. The van der Waals surface area contributed by atoms with Crippen LogP contribution in [-0.2, 0) is 4.79 Å². The van der Waals surface area contributed by atoms with Gasteiger partial charge in [-0.15, -0.1) is 0 Å². The summed E-state index contributed by atoms with van der Waals surface area (Å²) < 4.78 is 0. The lowest BCUT2D eigenvalue weighted by molar-refractivity contribution is -0.384. The fraction of sp³-hybridized carbons (Fsp3) is 0.312. The summed E-state index contributed by atoms with van der Waals surface area (Å²) in [4.78, 5) is 48.9. The molecule has 1 fully saturated rings. The average molecular weight is 345 g/mol. The molecule has 130 valence electrons. The zero-order valence-corrected chi connectivity index (χ0v) is 13.1. The lowest BCUT2D eigenvalue weighted by atomic mass is 9.96. The van der Waals surface area contributed by atoms with E-state index >= 15 is 0 Å². The molecule has 9 nitrogen and oxygen atoms in total. The summed E-state index contributed by atoms with van der Waals surface area (Å²) in [6, 6.07) is 4.76. The topological polar surface area (TPSA) is 142 Å². The van der Waals surface area contributed by atoms with Crippen molar-refractivity contribution in [2.24, 2.45) is 0 Å². The first kappa shape index (κ1) is 16.6. The summed E-state index contributed by atoms with van der Waals surface area (Å²) >= 11 is 0. The molecule has 0 radical (unpaired) electrons. The Morgan fingerprint density at radius 3 is 2.52 bits per heavy atom. The molecule has 1 aromatic heterocycles. The molecule has 1 amide bonds. The molecule has 1 aromatic carbocycles. The number of nitrogens with one attached hydrogen (secondary N) is 2. The van der Waals surface area contributed by atoms with Crippen molar-refractivity contribution in [3.05, 3.63) is 50.3 Å². The average Bonchev–Trinajstić information content (AvgIpc) is 3.03. The van der Waals surface area contributed by atoms with Gasteiger partial charge in [0.05, 0.1) is 10.5 Å². The normalized spacial score (nSPS) is 15.8. The number of non-ortho nitro benzene ring substituents is 1.